The van der Waals surface area contributed by atoms with Gasteiger partial charge in [0.2, 0.25) is 11.7 Å². The van der Waals surface area contributed by atoms with E-state index < -0.39 is 0 Å². The second-order valence-corrected chi connectivity index (χ2v) is 9.54. The molecule has 1 N–H and O–H groups in total. The summed E-state index contributed by atoms with van der Waals surface area (Å²) in [5.74, 6) is 1.16. The molecule has 0 fully saturated rings. The van der Waals surface area contributed by atoms with Crippen LogP contribution in [0.25, 0.3) is 16.0 Å². The Morgan fingerprint density at radius 2 is 1.97 bits per heavy atom. The quantitative estimate of drug-likeness (QED) is 0.408. The highest BCUT2D eigenvalue weighted by Gasteiger charge is 2.18. The Labute approximate surface area is 188 Å². The Bertz CT molecular complexity index is 1270. The fourth-order valence-electron chi connectivity index (χ4n) is 3.37. The van der Waals surface area contributed by atoms with Gasteiger partial charge in [-0.2, -0.15) is 0 Å². The van der Waals surface area contributed by atoms with E-state index in [1.54, 1.807) is 4.57 Å². The second kappa shape index (κ2) is 9.23. The van der Waals surface area contributed by atoms with Crippen LogP contribution in [0.2, 0.25) is 0 Å². The summed E-state index contributed by atoms with van der Waals surface area (Å²) >= 11 is 2.74. The van der Waals surface area contributed by atoms with Gasteiger partial charge in [0, 0.05) is 6.54 Å². The van der Waals surface area contributed by atoms with Crippen LogP contribution in [-0.4, -0.2) is 37.4 Å². The molecule has 0 saturated heterocycles. The molecular weight excluding hydrogens is 430 g/mol. The van der Waals surface area contributed by atoms with E-state index in [2.05, 4.69) is 53.6 Å². The molecule has 0 aliphatic heterocycles. The van der Waals surface area contributed by atoms with Crippen molar-refractivity contribution in [2.45, 2.75) is 44.8 Å². The number of thioether (sulfide) groups is 1. The van der Waals surface area contributed by atoms with Gasteiger partial charge >= 0.3 is 0 Å². The number of hydrogen-bond acceptors (Lipinski definition) is 6. The number of aromatic nitrogens is 4. The minimum Gasteiger partial charge on any atom is -0.355 e. The van der Waals surface area contributed by atoms with Gasteiger partial charge in [-0.1, -0.05) is 56.8 Å². The molecule has 1 aromatic carbocycles. The van der Waals surface area contributed by atoms with Crippen molar-refractivity contribution in [3.63, 3.8) is 0 Å². The van der Waals surface area contributed by atoms with E-state index in [9.17, 15) is 9.59 Å². The molecule has 0 spiro atoms. The molecule has 0 aliphatic carbocycles. The summed E-state index contributed by atoms with van der Waals surface area (Å²) in [5.41, 5.74) is 2.99. The smallest absolute Gasteiger partial charge is 0.273 e. The molecule has 162 valence electrons. The van der Waals surface area contributed by atoms with Crippen molar-refractivity contribution >= 4 is 45.0 Å². The fourth-order valence-corrected chi connectivity index (χ4v) is 4.97. The summed E-state index contributed by atoms with van der Waals surface area (Å²) in [4.78, 5) is 25.2. The van der Waals surface area contributed by atoms with Crippen molar-refractivity contribution in [2.24, 2.45) is 0 Å². The maximum atomic E-state index is 13.2. The van der Waals surface area contributed by atoms with Crippen LogP contribution < -0.4 is 10.9 Å². The fraction of sp³-hybridized carbons (Fsp3) is 0.364. The summed E-state index contributed by atoms with van der Waals surface area (Å²) in [5, 5.41) is 14.0. The van der Waals surface area contributed by atoms with Gasteiger partial charge in [-0.15, -0.1) is 21.5 Å². The molecule has 4 rings (SSSR count). The first-order chi connectivity index (χ1) is 15.0. The van der Waals surface area contributed by atoms with E-state index in [4.69, 9.17) is 0 Å². The number of rotatable bonds is 8. The molecular formula is C22H25N5O2S2. The van der Waals surface area contributed by atoms with E-state index in [0.717, 1.165) is 17.5 Å². The minimum absolute atomic E-state index is 0.0382. The van der Waals surface area contributed by atoms with Gasteiger partial charge in [0.25, 0.3) is 5.56 Å². The van der Waals surface area contributed by atoms with Gasteiger partial charge in [-0.05, 0) is 34.9 Å². The first-order valence-corrected chi connectivity index (χ1v) is 12.2. The van der Waals surface area contributed by atoms with Gasteiger partial charge in [0.1, 0.15) is 4.70 Å². The molecule has 7 nitrogen and oxygen atoms in total. The van der Waals surface area contributed by atoms with Crippen LogP contribution in [0.5, 0.6) is 0 Å². The standard InChI is InChI=1S/C22H25N5O2S2/c1-4-10-23-18(28)13-31-22-25-24-21-26(12-15-5-7-16(8-6-15)14(2)3)20(29)19-17(27(21)22)9-11-30-19/h5-9,11,14H,4,10,12-13H2,1-3H3,(H,23,28). The first-order valence-electron chi connectivity index (χ1n) is 10.3. The van der Waals surface area contributed by atoms with Crippen LogP contribution in [0, 0.1) is 0 Å². The molecule has 0 saturated carbocycles. The zero-order valence-corrected chi connectivity index (χ0v) is 19.4. The summed E-state index contributed by atoms with van der Waals surface area (Å²) in [6, 6.07) is 10.2. The average molecular weight is 456 g/mol. The van der Waals surface area contributed by atoms with Crippen LogP contribution in [0.3, 0.4) is 0 Å². The number of nitrogens with zero attached hydrogens (tertiary/aromatic N) is 4. The predicted octanol–water partition coefficient (Wildman–Crippen LogP) is 3.90. The summed E-state index contributed by atoms with van der Waals surface area (Å²) < 4.78 is 4.20. The number of carbonyl (C=O) groups is 1. The van der Waals surface area contributed by atoms with Crippen molar-refractivity contribution < 1.29 is 4.79 Å². The van der Waals surface area contributed by atoms with Crippen LogP contribution in [0.15, 0.2) is 45.7 Å². The van der Waals surface area contributed by atoms with E-state index in [0.29, 0.717) is 34.6 Å². The molecule has 31 heavy (non-hydrogen) atoms. The van der Waals surface area contributed by atoms with Crippen LogP contribution in [0.4, 0.5) is 0 Å². The molecule has 9 heteroatoms. The Hall–Kier alpha value is -2.65. The van der Waals surface area contributed by atoms with Crippen molar-refractivity contribution in [1.82, 2.24) is 24.5 Å². The highest BCUT2D eigenvalue weighted by atomic mass is 32.2. The van der Waals surface area contributed by atoms with Crippen molar-refractivity contribution in [2.75, 3.05) is 12.3 Å². The van der Waals surface area contributed by atoms with Crippen LogP contribution in [-0.2, 0) is 11.3 Å². The number of hydrogen-bond donors (Lipinski definition) is 1. The Balaban J connectivity index is 1.72. The minimum atomic E-state index is -0.0740. The third-order valence-electron chi connectivity index (χ3n) is 5.07. The molecule has 0 aliphatic rings. The maximum absolute atomic E-state index is 13.2. The third-order valence-corrected chi connectivity index (χ3v) is 6.89. The topological polar surface area (TPSA) is 81.3 Å². The lowest BCUT2D eigenvalue weighted by Crippen LogP contribution is -2.26. The lowest BCUT2D eigenvalue weighted by molar-refractivity contribution is -0.118. The summed E-state index contributed by atoms with van der Waals surface area (Å²) in [7, 11) is 0. The summed E-state index contributed by atoms with van der Waals surface area (Å²) in [6.45, 7) is 7.40. The van der Waals surface area contributed by atoms with Crippen LogP contribution in [0.1, 0.15) is 44.2 Å². The second-order valence-electron chi connectivity index (χ2n) is 7.68. The first kappa shape index (κ1) is 21.6. The Morgan fingerprint density at radius 1 is 1.19 bits per heavy atom. The number of fused-ring (bicyclic) bond motifs is 3. The maximum Gasteiger partial charge on any atom is 0.273 e. The van der Waals surface area contributed by atoms with E-state index in [1.807, 2.05) is 22.8 Å². The highest BCUT2D eigenvalue weighted by Crippen LogP contribution is 2.25. The van der Waals surface area contributed by atoms with Crippen LogP contribution >= 0.6 is 23.1 Å². The number of amides is 1. The SMILES string of the molecule is CCCNC(=O)CSc1nnc2n(Cc3ccc(C(C)C)cc3)c(=O)c3sccc3n12. The van der Waals surface area contributed by atoms with Gasteiger partial charge in [-0.3, -0.25) is 18.6 Å². The Morgan fingerprint density at radius 3 is 2.68 bits per heavy atom. The normalized spacial score (nSPS) is 11.6. The third kappa shape index (κ3) is 4.38. The zero-order chi connectivity index (χ0) is 22.0. The lowest BCUT2D eigenvalue weighted by Gasteiger charge is -2.11. The molecule has 0 bridgehead atoms. The van der Waals surface area contributed by atoms with E-state index in [-0.39, 0.29) is 17.2 Å². The Kier molecular flexibility index (Phi) is 6.43. The predicted molar refractivity (Wildman–Crippen MR) is 126 cm³/mol. The highest BCUT2D eigenvalue weighted by molar-refractivity contribution is 7.99. The van der Waals surface area contributed by atoms with Gasteiger partial charge < -0.3 is 5.32 Å². The van der Waals surface area contributed by atoms with Crippen molar-refractivity contribution in [3.05, 3.63) is 57.2 Å². The summed E-state index contributed by atoms with van der Waals surface area (Å²) in [6.07, 6.45) is 0.893. The van der Waals surface area contributed by atoms with E-state index in [1.165, 1.54) is 28.7 Å². The van der Waals surface area contributed by atoms with Gasteiger partial charge in [0.05, 0.1) is 17.8 Å². The molecule has 0 radical (unpaired) electrons. The van der Waals surface area contributed by atoms with Crippen molar-refractivity contribution in [1.29, 1.82) is 0 Å². The molecule has 3 heterocycles. The number of nitrogens with one attached hydrogen (secondary N) is 1. The largest absolute Gasteiger partial charge is 0.355 e. The van der Waals surface area contributed by atoms with Gasteiger partial charge in [-0.25, -0.2) is 0 Å². The number of benzene rings is 1. The zero-order valence-electron chi connectivity index (χ0n) is 17.8. The number of thiophene rings is 1. The monoisotopic (exact) mass is 455 g/mol. The van der Waals surface area contributed by atoms with E-state index >= 15 is 0 Å². The number of carbonyl (C=O) groups excluding carboxylic acids is 1. The molecule has 0 unspecified atom stereocenters. The lowest BCUT2D eigenvalue weighted by atomic mass is 10.0. The molecule has 0 atom stereocenters. The average Bonchev–Trinajstić information content (AvgIpc) is 3.41. The van der Waals surface area contributed by atoms with Crippen molar-refractivity contribution in [3.8, 4) is 0 Å². The van der Waals surface area contributed by atoms with Gasteiger partial charge in [0.15, 0.2) is 5.16 Å². The molecule has 4 aromatic rings. The molecule has 3 aromatic heterocycles. The molecule has 1 amide bonds.